The molecule has 0 saturated heterocycles. The van der Waals surface area contributed by atoms with Gasteiger partial charge < -0.3 is 10.4 Å². The Morgan fingerprint density at radius 2 is 2.25 bits per heavy atom. The molecule has 0 spiro atoms. The molecule has 2 unspecified atom stereocenters. The van der Waals surface area contributed by atoms with E-state index in [1.165, 1.54) is 6.20 Å². The minimum atomic E-state index is -0.251. The summed E-state index contributed by atoms with van der Waals surface area (Å²) < 4.78 is 0. The van der Waals surface area contributed by atoms with Crippen molar-refractivity contribution in [3.8, 4) is 0 Å². The number of hydroxylamine groups is 1. The summed E-state index contributed by atoms with van der Waals surface area (Å²) in [4.78, 5) is 21.6. The SMILES string of the molecule is CC1C=CC(C)N(c2ccc(C(=O)NCCO)cn2)O1. The van der Waals surface area contributed by atoms with Gasteiger partial charge in [-0.3, -0.25) is 9.63 Å². The monoisotopic (exact) mass is 277 g/mol. The number of aromatic nitrogens is 1. The molecule has 1 amide bonds. The smallest absolute Gasteiger partial charge is 0.252 e. The molecule has 2 N–H and O–H groups in total. The van der Waals surface area contributed by atoms with Crippen molar-refractivity contribution in [2.45, 2.75) is 26.0 Å². The van der Waals surface area contributed by atoms with Crippen molar-refractivity contribution in [3.63, 3.8) is 0 Å². The Morgan fingerprint density at radius 3 is 2.90 bits per heavy atom. The van der Waals surface area contributed by atoms with Crippen LogP contribution in [0.1, 0.15) is 24.2 Å². The Bertz CT molecular complexity index is 487. The van der Waals surface area contributed by atoms with Gasteiger partial charge in [-0.1, -0.05) is 12.2 Å². The Kier molecular flexibility index (Phi) is 4.70. The number of hydrogen-bond acceptors (Lipinski definition) is 5. The van der Waals surface area contributed by atoms with E-state index in [2.05, 4.69) is 16.4 Å². The van der Waals surface area contributed by atoms with E-state index < -0.39 is 0 Å². The summed E-state index contributed by atoms with van der Waals surface area (Å²) in [5.41, 5.74) is 0.454. The van der Waals surface area contributed by atoms with E-state index in [9.17, 15) is 4.79 Å². The van der Waals surface area contributed by atoms with Gasteiger partial charge in [0.2, 0.25) is 0 Å². The van der Waals surface area contributed by atoms with Crippen molar-refractivity contribution in [3.05, 3.63) is 36.0 Å². The fourth-order valence-electron chi connectivity index (χ4n) is 1.89. The normalized spacial score (nSPS) is 21.9. The summed E-state index contributed by atoms with van der Waals surface area (Å²) in [5.74, 6) is 0.409. The fraction of sp³-hybridized carbons (Fsp3) is 0.429. The zero-order chi connectivity index (χ0) is 14.5. The zero-order valence-corrected chi connectivity index (χ0v) is 11.6. The highest BCUT2D eigenvalue weighted by molar-refractivity contribution is 5.94. The van der Waals surface area contributed by atoms with Gasteiger partial charge in [-0.25, -0.2) is 10.0 Å². The van der Waals surface area contributed by atoms with E-state index in [4.69, 9.17) is 9.94 Å². The molecular weight excluding hydrogens is 258 g/mol. The summed E-state index contributed by atoms with van der Waals surface area (Å²) in [6.45, 7) is 4.10. The molecule has 1 aliphatic heterocycles. The summed E-state index contributed by atoms with van der Waals surface area (Å²) in [6.07, 6.45) is 5.55. The van der Waals surface area contributed by atoms with Crippen LogP contribution in [0.3, 0.4) is 0 Å². The lowest BCUT2D eigenvalue weighted by molar-refractivity contribution is 0.0532. The Balaban J connectivity index is 2.08. The summed E-state index contributed by atoms with van der Waals surface area (Å²) in [5, 5.41) is 13.0. The molecule has 108 valence electrons. The van der Waals surface area contributed by atoms with Crippen LogP contribution >= 0.6 is 0 Å². The summed E-state index contributed by atoms with van der Waals surface area (Å²) in [7, 11) is 0. The predicted molar refractivity (Wildman–Crippen MR) is 75.3 cm³/mol. The minimum Gasteiger partial charge on any atom is -0.395 e. The first-order valence-corrected chi connectivity index (χ1v) is 6.61. The molecule has 0 bridgehead atoms. The number of anilines is 1. The Labute approximate surface area is 118 Å². The van der Waals surface area contributed by atoms with Gasteiger partial charge in [-0.2, -0.15) is 0 Å². The minimum absolute atomic E-state index is 0.000490. The van der Waals surface area contributed by atoms with Crippen molar-refractivity contribution in [2.75, 3.05) is 18.2 Å². The molecule has 6 heteroatoms. The van der Waals surface area contributed by atoms with Crippen LogP contribution in [0.2, 0.25) is 0 Å². The third-order valence-electron chi connectivity index (χ3n) is 2.94. The molecule has 1 aliphatic rings. The third kappa shape index (κ3) is 3.34. The third-order valence-corrected chi connectivity index (χ3v) is 2.94. The maximum Gasteiger partial charge on any atom is 0.252 e. The number of carbonyl (C=O) groups is 1. The van der Waals surface area contributed by atoms with Crippen LogP contribution in [0, 0.1) is 0 Å². The number of hydrogen-bond donors (Lipinski definition) is 2. The van der Waals surface area contributed by atoms with Crippen LogP contribution in [0.4, 0.5) is 5.82 Å². The second-order valence-corrected chi connectivity index (χ2v) is 4.65. The molecule has 0 saturated carbocycles. The van der Waals surface area contributed by atoms with Gasteiger partial charge in [0.15, 0.2) is 5.82 Å². The maximum absolute atomic E-state index is 11.7. The van der Waals surface area contributed by atoms with E-state index >= 15 is 0 Å². The number of carbonyl (C=O) groups excluding carboxylic acids is 1. The quantitative estimate of drug-likeness (QED) is 0.799. The van der Waals surface area contributed by atoms with E-state index in [-0.39, 0.29) is 31.2 Å². The van der Waals surface area contributed by atoms with Crippen molar-refractivity contribution in [1.82, 2.24) is 10.3 Å². The molecular formula is C14H19N3O3. The number of aliphatic hydroxyl groups excluding tert-OH is 1. The molecule has 1 aromatic heterocycles. The molecule has 2 atom stereocenters. The van der Waals surface area contributed by atoms with Gasteiger partial charge in [0.05, 0.1) is 18.2 Å². The van der Waals surface area contributed by atoms with Gasteiger partial charge in [0.1, 0.15) is 6.10 Å². The van der Waals surface area contributed by atoms with Crippen LogP contribution in [0.5, 0.6) is 0 Å². The van der Waals surface area contributed by atoms with Crippen molar-refractivity contribution in [2.24, 2.45) is 0 Å². The molecule has 20 heavy (non-hydrogen) atoms. The summed E-state index contributed by atoms with van der Waals surface area (Å²) >= 11 is 0. The first kappa shape index (κ1) is 14.5. The second-order valence-electron chi connectivity index (χ2n) is 4.65. The highest BCUT2D eigenvalue weighted by atomic mass is 16.7. The number of amides is 1. The van der Waals surface area contributed by atoms with Gasteiger partial charge in [0, 0.05) is 12.7 Å². The van der Waals surface area contributed by atoms with E-state index in [0.29, 0.717) is 11.4 Å². The van der Waals surface area contributed by atoms with Crippen LogP contribution in [0.15, 0.2) is 30.5 Å². The van der Waals surface area contributed by atoms with Crippen LogP contribution in [-0.4, -0.2) is 41.3 Å². The average molecular weight is 277 g/mol. The lowest BCUT2D eigenvalue weighted by Crippen LogP contribution is -2.38. The van der Waals surface area contributed by atoms with Crippen molar-refractivity contribution >= 4 is 11.7 Å². The molecule has 2 heterocycles. The van der Waals surface area contributed by atoms with Gasteiger partial charge in [0.25, 0.3) is 5.91 Å². The molecule has 1 aromatic rings. The fourth-order valence-corrected chi connectivity index (χ4v) is 1.89. The lowest BCUT2D eigenvalue weighted by Gasteiger charge is -2.32. The highest BCUT2D eigenvalue weighted by Gasteiger charge is 2.21. The van der Waals surface area contributed by atoms with Crippen LogP contribution < -0.4 is 10.4 Å². The van der Waals surface area contributed by atoms with Crippen LogP contribution in [0.25, 0.3) is 0 Å². The molecule has 0 aromatic carbocycles. The first-order chi connectivity index (χ1) is 9.61. The summed E-state index contributed by atoms with van der Waals surface area (Å²) in [6, 6.07) is 3.53. The van der Waals surface area contributed by atoms with Gasteiger partial charge in [-0.15, -0.1) is 0 Å². The van der Waals surface area contributed by atoms with E-state index in [1.807, 2.05) is 19.9 Å². The maximum atomic E-state index is 11.7. The Morgan fingerprint density at radius 1 is 1.45 bits per heavy atom. The highest BCUT2D eigenvalue weighted by Crippen LogP contribution is 2.20. The predicted octanol–water partition coefficient (Wildman–Crippen LogP) is 0.888. The largest absolute Gasteiger partial charge is 0.395 e. The topological polar surface area (TPSA) is 74.7 Å². The molecule has 0 fully saturated rings. The number of rotatable bonds is 4. The Hall–Kier alpha value is -1.92. The van der Waals surface area contributed by atoms with Crippen molar-refractivity contribution < 1.29 is 14.7 Å². The second kappa shape index (κ2) is 6.49. The van der Waals surface area contributed by atoms with E-state index in [1.54, 1.807) is 17.2 Å². The lowest BCUT2D eigenvalue weighted by atomic mass is 10.2. The number of nitrogens with zero attached hydrogens (tertiary/aromatic N) is 2. The number of nitrogens with one attached hydrogen (secondary N) is 1. The first-order valence-electron chi connectivity index (χ1n) is 6.61. The molecule has 6 nitrogen and oxygen atoms in total. The van der Waals surface area contributed by atoms with Gasteiger partial charge >= 0.3 is 0 Å². The average Bonchev–Trinajstić information content (AvgIpc) is 2.47. The standard InChI is InChI=1S/C14H19N3O3/c1-10-3-4-11(2)20-17(10)13-6-5-12(9-16-13)14(19)15-7-8-18/h3-6,9-11,18H,7-8H2,1-2H3,(H,15,19). The van der Waals surface area contributed by atoms with Crippen LogP contribution in [-0.2, 0) is 4.84 Å². The number of aliphatic hydroxyl groups is 1. The zero-order valence-electron chi connectivity index (χ0n) is 11.6. The number of pyridine rings is 1. The molecule has 0 radical (unpaired) electrons. The van der Waals surface area contributed by atoms with Gasteiger partial charge in [-0.05, 0) is 26.0 Å². The molecule has 0 aliphatic carbocycles. The molecule has 2 rings (SSSR count). The van der Waals surface area contributed by atoms with E-state index in [0.717, 1.165) is 0 Å². The van der Waals surface area contributed by atoms with Crippen molar-refractivity contribution in [1.29, 1.82) is 0 Å².